The number of phenols is 1. The molecule has 6 heteroatoms. The molecule has 3 rings (SSSR count). The summed E-state index contributed by atoms with van der Waals surface area (Å²) in [7, 11) is 0. The molecule has 0 fully saturated rings. The lowest BCUT2D eigenvalue weighted by Gasteiger charge is -2.10. The summed E-state index contributed by atoms with van der Waals surface area (Å²) in [5.41, 5.74) is 2.08. The van der Waals surface area contributed by atoms with Crippen LogP contribution in [0, 0.1) is 0 Å². The Morgan fingerprint density at radius 1 is 0.864 bits per heavy atom. The van der Waals surface area contributed by atoms with Crippen molar-refractivity contribution in [3.05, 3.63) is 64.9 Å². The van der Waals surface area contributed by atoms with Gasteiger partial charge in [-0.3, -0.25) is 0 Å². The Kier molecular flexibility index (Phi) is 4.13. The Morgan fingerprint density at radius 3 is 2.18 bits per heavy atom. The van der Waals surface area contributed by atoms with Crippen LogP contribution in [0.4, 0.5) is 11.6 Å². The molecule has 2 aromatic carbocycles. The summed E-state index contributed by atoms with van der Waals surface area (Å²) in [6, 6.07) is 16.1. The van der Waals surface area contributed by atoms with Crippen LogP contribution in [0.1, 0.15) is 0 Å². The second kappa shape index (κ2) is 6.22. The highest BCUT2D eigenvalue weighted by Crippen LogP contribution is 2.33. The van der Waals surface area contributed by atoms with E-state index in [1.165, 1.54) is 0 Å². The number of aromatic hydroxyl groups is 1. The zero-order valence-corrected chi connectivity index (χ0v) is 12.8. The first kappa shape index (κ1) is 14.6. The third-order valence-corrected chi connectivity index (χ3v) is 3.53. The minimum Gasteiger partial charge on any atom is -0.508 e. The molecule has 0 saturated heterocycles. The summed E-state index contributed by atoms with van der Waals surface area (Å²) in [6.45, 7) is 0. The number of hydrogen-bond donors (Lipinski definition) is 2. The van der Waals surface area contributed by atoms with Crippen molar-refractivity contribution in [1.82, 2.24) is 9.97 Å². The molecule has 0 aliphatic carbocycles. The van der Waals surface area contributed by atoms with Gasteiger partial charge in [0, 0.05) is 11.8 Å². The van der Waals surface area contributed by atoms with E-state index < -0.39 is 0 Å². The van der Waals surface area contributed by atoms with Crippen molar-refractivity contribution in [2.24, 2.45) is 0 Å². The SMILES string of the molecule is Oc1cccc(Nc2nc(Cl)c(-c3ccccc3)c(Cl)n2)c1. The molecule has 22 heavy (non-hydrogen) atoms. The third-order valence-electron chi connectivity index (χ3n) is 2.99. The molecule has 0 amide bonds. The molecule has 1 aromatic heterocycles. The molecule has 0 aliphatic heterocycles. The number of nitrogens with zero attached hydrogens (tertiary/aromatic N) is 2. The number of rotatable bonds is 3. The van der Waals surface area contributed by atoms with Gasteiger partial charge in [-0.05, 0) is 17.7 Å². The van der Waals surface area contributed by atoms with Crippen LogP contribution in [-0.2, 0) is 0 Å². The highest BCUT2D eigenvalue weighted by molar-refractivity contribution is 6.37. The molecule has 1 heterocycles. The standard InChI is InChI=1S/C16H11Cl2N3O/c17-14-13(10-5-2-1-3-6-10)15(18)21-16(20-14)19-11-7-4-8-12(22)9-11/h1-9,22H,(H,19,20,21). The first-order valence-corrected chi connectivity index (χ1v) is 7.23. The molecule has 0 saturated carbocycles. The number of halogens is 2. The van der Waals surface area contributed by atoms with E-state index in [0.717, 1.165) is 5.56 Å². The summed E-state index contributed by atoms with van der Waals surface area (Å²) in [4.78, 5) is 8.42. The van der Waals surface area contributed by atoms with Crippen molar-refractivity contribution in [1.29, 1.82) is 0 Å². The summed E-state index contributed by atoms with van der Waals surface area (Å²) in [5.74, 6) is 0.406. The second-order valence-corrected chi connectivity index (χ2v) is 5.26. The van der Waals surface area contributed by atoms with E-state index in [1.54, 1.807) is 24.3 Å². The molecule has 0 spiro atoms. The van der Waals surface area contributed by atoms with Crippen LogP contribution in [0.5, 0.6) is 5.75 Å². The highest BCUT2D eigenvalue weighted by atomic mass is 35.5. The Morgan fingerprint density at radius 2 is 1.55 bits per heavy atom. The van der Waals surface area contributed by atoms with Gasteiger partial charge in [-0.25, -0.2) is 9.97 Å². The van der Waals surface area contributed by atoms with E-state index in [0.29, 0.717) is 11.3 Å². The van der Waals surface area contributed by atoms with Gasteiger partial charge in [-0.1, -0.05) is 59.6 Å². The molecule has 4 nitrogen and oxygen atoms in total. The summed E-state index contributed by atoms with van der Waals surface area (Å²) >= 11 is 12.5. The average molecular weight is 332 g/mol. The van der Waals surface area contributed by atoms with Gasteiger partial charge in [0.1, 0.15) is 16.1 Å². The number of benzene rings is 2. The van der Waals surface area contributed by atoms with E-state index in [1.807, 2.05) is 30.3 Å². The molecule has 0 unspecified atom stereocenters. The highest BCUT2D eigenvalue weighted by Gasteiger charge is 2.13. The zero-order valence-electron chi connectivity index (χ0n) is 11.3. The Balaban J connectivity index is 1.96. The maximum atomic E-state index is 9.46. The predicted molar refractivity (Wildman–Crippen MR) is 88.9 cm³/mol. The maximum Gasteiger partial charge on any atom is 0.230 e. The van der Waals surface area contributed by atoms with Gasteiger partial charge in [0.2, 0.25) is 5.95 Å². The maximum absolute atomic E-state index is 9.46. The van der Waals surface area contributed by atoms with E-state index in [9.17, 15) is 5.11 Å². The van der Waals surface area contributed by atoms with Crippen molar-refractivity contribution >= 4 is 34.8 Å². The van der Waals surface area contributed by atoms with Crippen LogP contribution < -0.4 is 5.32 Å². The molecule has 2 N–H and O–H groups in total. The number of anilines is 2. The fourth-order valence-electron chi connectivity index (χ4n) is 2.02. The molecule has 3 aromatic rings. The fourth-order valence-corrected chi connectivity index (χ4v) is 2.63. The van der Waals surface area contributed by atoms with Gasteiger partial charge in [-0.15, -0.1) is 0 Å². The quantitative estimate of drug-likeness (QED) is 0.670. The van der Waals surface area contributed by atoms with Gasteiger partial charge in [0.05, 0.1) is 5.56 Å². The number of phenolic OH excluding ortho intramolecular Hbond substituents is 1. The third kappa shape index (κ3) is 3.13. The number of hydrogen-bond acceptors (Lipinski definition) is 4. The van der Waals surface area contributed by atoms with Crippen molar-refractivity contribution in [2.45, 2.75) is 0 Å². The normalized spacial score (nSPS) is 10.5. The molecule has 0 aliphatic rings. The van der Waals surface area contributed by atoms with Crippen molar-refractivity contribution in [2.75, 3.05) is 5.32 Å². The van der Waals surface area contributed by atoms with E-state index in [-0.39, 0.29) is 22.0 Å². The van der Waals surface area contributed by atoms with E-state index >= 15 is 0 Å². The average Bonchev–Trinajstić information content (AvgIpc) is 2.47. The van der Waals surface area contributed by atoms with Crippen LogP contribution in [0.3, 0.4) is 0 Å². The molecule has 110 valence electrons. The van der Waals surface area contributed by atoms with Crippen molar-refractivity contribution < 1.29 is 5.11 Å². The molecule has 0 radical (unpaired) electrons. The summed E-state index contributed by atoms with van der Waals surface area (Å²) in [5, 5.41) is 12.9. The molecule has 0 atom stereocenters. The minimum atomic E-state index is 0.142. The van der Waals surface area contributed by atoms with Gasteiger partial charge in [0.15, 0.2) is 0 Å². The van der Waals surface area contributed by atoms with Crippen molar-refractivity contribution in [3.8, 4) is 16.9 Å². The smallest absolute Gasteiger partial charge is 0.230 e. The second-order valence-electron chi connectivity index (χ2n) is 4.55. The fraction of sp³-hybridized carbons (Fsp3) is 0. The summed E-state index contributed by atoms with van der Waals surface area (Å²) < 4.78 is 0. The lowest BCUT2D eigenvalue weighted by Crippen LogP contribution is -1.99. The van der Waals surface area contributed by atoms with E-state index in [2.05, 4.69) is 15.3 Å². The number of aromatic nitrogens is 2. The van der Waals surface area contributed by atoms with Crippen LogP contribution in [0.2, 0.25) is 10.3 Å². The Hall–Kier alpha value is -2.30. The van der Waals surface area contributed by atoms with Crippen LogP contribution >= 0.6 is 23.2 Å². The van der Waals surface area contributed by atoms with Gasteiger partial charge in [-0.2, -0.15) is 0 Å². The molecular formula is C16H11Cl2N3O. The Bertz CT molecular complexity index is 786. The van der Waals surface area contributed by atoms with E-state index in [4.69, 9.17) is 23.2 Å². The van der Waals surface area contributed by atoms with Gasteiger partial charge >= 0.3 is 0 Å². The van der Waals surface area contributed by atoms with Crippen molar-refractivity contribution in [3.63, 3.8) is 0 Å². The van der Waals surface area contributed by atoms with Crippen LogP contribution in [0.25, 0.3) is 11.1 Å². The van der Waals surface area contributed by atoms with Crippen LogP contribution in [-0.4, -0.2) is 15.1 Å². The molecule has 0 bridgehead atoms. The lowest BCUT2D eigenvalue weighted by molar-refractivity contribution is 0.475. The Labute approximate surface area is 137 Å². The minimum absolute atomic E-state index is 0.142. The summed E-state index contributed by atoms with van der Waals surface area (Å²) in [6.07, 6.45) is 0. The predicted octanol–water partition coefficient (Wildman–Crippen LogP) is 4.90. The topological polar surface area (TPSA) is 58.0 Å². The monoisotopic (exact) mass is 331 g/mol. The molecular weight excluding hydrogens is 321 g/mol. The first-order chi connectivity index (χ1) is 10.6. The van der Waals surface area contributed by atoms with Gasteiger partial charge in [0.25, 0.3) is 0 Å². The number of nitrogens with one attached hydrogen (secondary N) is 1. The lowest BCUT2D eigenvalue weighted by atomic mass is 10.1. The van der Waals surface area contributed by atoms with Gasteiger partial charge < -0.3 is 10.4 Å². The largest absolute Gasteiger partial charge is 0.508 e. The first-order valence-electron chi connectivity index (χ1n) is 6.48. The zero-order chi connectivity index (χ0) is 15.5. The van der Waals surface area contributed by atoms with Crippen LogP contribution in [0.15, 0.2) is 54.6 Å².